The fourth-order valence-corrected chi connectivity index (χ4v) is 3.08. The summed E-state index contributed by atoms with van der Waals surface area (Å²) in [5, 5.41) is 34.0. The van der Waals surface area contributed by atoms with E-state index in [1.807, 2.05) is 0 Å². The van der Waals surface area contributed by atoms with Crippen molar-refractivity contribution in [3.8, 4) is 0 Å². The van der Waals surface area contributed by atoms with Crippen LogP contribution in [0.1, 0.15) is 17.7 Å². The summed E-state index contributed by atoms with van der Waals surface area (Å²) in [4.78, 5) is 12.1. The predicted octanol–water partition coefficient (Wildman–Crippen LogP) is -0.668. The number of rotatable bonds is 8. The van der Waals surface area contributed by atoms with Gasteiger partial charge in [0.2, 0.25) is 5.91 Å². The number of benzene rings is 1. The summed E-state index contributed by atoms with van der Waals surface area (Å²) in [6.07, 6.45) is -2.21. The van der Waals surface area contributed by atoms with Crippen LogP contribution in [0, 0.1) is 5.82 Å². The standard InChI is InChI=1S/C18H24FN5O4/c1-20-8-13-9-24(23-22-13)10-15-18(27)17(26)14(28-15)6-16(25)21-7-11-2-4-12(19)5-3-11/h2-5,9,14-15,17-18,20,26-27H,6-8,10H2,1H3,(H,21,25)/t14-,15+,17-,18+/m0/s1. The van der Waals surface area contributed by atoms with E-state index in [2.05, 4.69) is 20.9 Å². The first-order valence-electron chi connectivity index (χ1n) is 9.02. The van der Waals surface area contributed by atoms with E-state index in [9.17, 15) is 19.4 Å². The van der Waals surface area contributed by atoms with Crippen LogP contribution in [0.2, 0.25) is 0 Å². The molecule has 9 nitrogen and oxygen atoms in total. The summed E-state index contributed by atoms with van der Waals surface area (Å²) in [6.45, 7) is 1.01. The Morgan fingerprint density at radius 3 is 2.64 bits per heavy atom. The number of nitrogens with one attached hydrogen (secondary N) is 2. The maximum absolute atomic E-state index is 12.9. The van der Waals surface area contributed by atoms with E-state index < -0.39 is 24.4 Å². The van der Waals surface area contributed by atoms with Gasteiger partial charge >= 0.3 is 0 Å². The summed E-state index contributed by atoms with van der Waals surface area (Å²) in [5.74, 6) is -0.679. The van der Waals surface area contributed by atoms with E-state index in [0.717, 1.165) is 11.3 Å². The number of amides is 1. The number of aliphatic hydroxyl groups is 2. The third-order valence-corrected chi connectivity index (χ3v) is 4.56. The van der Waals surface area contributed by atoms with E-state index in [1.54, 1.807) is 25.4 Å². The molecular weight excluding hydrogens is 369 g/mol. The van der Waals surface area contributed by atoms with Gasteiger partial charge in [-0.2, -0.15) is 0 Å². The van der Waals surface area contributed by atoms with Crippen LogP contribution in [0.15, 0.2) is 30.5 Å². The van der Waals surface area contributed by atoms with Crippen LogP contribution < -0.4 is 10.6 Å². The number of hydrogen-bond donors (Lipinski definition) is 4. The Morgan fingerprint density at radius 2 is 1.93 bits per heavy atom. The Labute approximate surface area is 161 Å². The second kappa shape index (κ2) is 9.20. The number of aliphatic hydroxyl groups excluding tert-OH is 2. The van der Waals surface area contributed by atoms with Crippen molar-refractivity contribution in [1.82, 2.24) is 25.6 Å². The maximum Gasteiger partial charge on any atom is 0.222 e. The quantitative estimate of drug-likeness (QED) is 0.469. The number of halogens is 1. The lowest BCUT2D eigenvalue weighted by Crippen LogP contribution is -2.36. The molecule has 1 aliphatic rings. The van der Waals surface area contributed by atoms with Gasteiger partial charge in [-0.15, -0.1) is 5.10 Å². The van der Waals surface area contributed by atoms with Gasteiger partial charge in [0.25, 0.3) is 0 Å². The van der Waals surface area contributed by atoms with Crippen LogP contribution in [-0.2, 0) is 29.2 Å². The fraction of sp³-hybridized carbons (Fsp3) is 0.500. The van der Waals surface area contributed by atoms with Crippen molar-refractivity contribution in [1.29, 1.82) is 0 Å². The van der Waals surface area contributed by atoms with Crippen molar-refractivity contribution in [3.63, 3.8) is 0 Å². The minimum atomic E-state index is -1.18. The van der Waals surface area contributed by atoms with Crippen LogP contribution >= 0.6 is 0 Å². The minimum absolute atomic E-state index is 0.0989. The van der Waals surface area contributed by atoms with Crippen LogP contribution in [0.3, 0.4) is 0 Å². The summed E-state index contributed by atoms with van der Waals surface area (Å²) in [7, 11) is 1.80. The summed E-state index contributed by atoms with van der Waals surface area (Å²) in [5.41, 5.74) is 1.50. The van der Waals surface area contributed by atoms with E-state index >= 15 is 0 Å². The number of carbonyl (C=O) groups excluding carboxylic acids is 1. The Morgan fingerprint density at radius 1 is 1.21 bits per heavy atom. The average molecular weight is 393 g/mol. The molecule has 152 valence electrons. The molecule has 1 saturated heterocycles. The van der Waals surface area contributed by atoms with Crippen molar-refractivity contribution in [2.75, 3.05) is 7.05 Å². The first kappa shape index (κ1) is 20.3. The molecule has 10 heteroatoms. The SMILES string of the molecule is CNCc1cn(C[C@H]2O[C@@H](CC(=O)NCc3ccc(F)cc3)[C@H](O)[C@@H]2O)nn1. The van der Waals surface area contributed by atoms with Crippen LogP contribution in [0.5, 0.6) is 0 Å². The molecule has 0 spiro atoms. The second-order valence-corrected chi connectivity index (χ2v) is 6.76. The molecule has 0 aliphatic carbocycles. The Bertz CT molecular complexity index is 785. The first-order chi connectivity index (χ1) is 13.5. The molecular formula is C18H24FN5O4. The van der Waals surface area contributed by atoms with E-state index in [1.165, 1.54) is 16.8 Å². The predicted molar refractivity (Wildman–Crippen MR) is 96.3 cm³/mol. The molecule has 2 heterocycles. The van der Waals surface area contributed by atoms with Gasteiger partial charge in [-0.3, -0.25) is 4.79 Å². The molecule has 4 atom stereocenters. The van der Waals surface area contributed by atoms with Gasteiger partial charge in [-0.25, -0.2) is 9.07 Å². The van der Waals surface area contributed by atoms with Crippen LogP contribution in [0.25, 0.3) is 0 Å². The van der Waals surface area contributed by atoms with Gasteiger partial charge in [-0.1, -0.05) is 17.3 Å². The lowest BCUT2D eigenvalue weighted by molar-refractivity contribution is -0.125. The third-order valence-electron chi connectivity index (χ3n) is 4.56. The third kappa shape index (κ3) is 5.10. The molecule has 0 radical (unpaired) electrons. The molecule has 0 saturated carbocycles. The Kier molecular flexibility index (Phi) is 6.68. The molecule has 0 bridgehead atoms. The number of hydrogen-bond acceptors (Lipinski definition) is 7. The molecule has 1 aliphatic heterocycles. The van der Waals surface area contributed by atoms with E-state index in [0.29, 0.717) is 6.54 Å². The topological polar surface area (TPSA) is 122 Å². The maximum atomic E-state index is 12.9. The van der Waals surface area contributed by atoms with Gasteiger partial charge in [0.05, 0.1) is 24.8 Å². The van der Waals surface area contributed by atoms with Gasteiger partial charge < -0.3 is 25.6 Å². The van der Waals surface area contributed by atoms with Crippen LogP contribution in [-0.4, -0.2) is 62.6 Å². The van der Waals surface area contributed by atoms with Crippen molar-refractivity contribution in [2.45, 2.75) is 50.5 Å². The minimum Gasteiger partial charge on any atom is -0.388 e. The summed E-state index contributed by atoms with van der Waals surface area (Å²) in [6, 6.07) is 5.80. The Hall–Kier alpha value is -2.40. The molecule has 2 aromatic rings. The summed E-state index contributed by atoms with van der Waals surface area (Å²) >= 11 is 0. The highest BCUT2D eigenvalue weighted by molar-refractivity contribution is 5.76. The monoisotopic (exact) mass is 393 g/mol. The van der Waals surface area contributed by atoms with E-state index in [-0.39, 0.29) is 31.2 Å². The highest BCUT2D eigenvalue weighted by Crippen LogP contribution is 2.24. The molecule has 1 aromatic carbocycles. The van der Waals surface area contributed by atoms with Crippen molar-refractivity contribution in [3.05, 3.63) is 47.5 Å². The zero-order valence-electron chi connectivity index (χ0n) is 15.5. The molecule has 4 N–H and O–H groups in total. The molecule has 0 unspecified atom stereocenters. The second-order valence-electron chi connectivity index (χ2n) is 6.76. The van der Waals surface area contributed by atoms with Gasteiger partial charge in [-0.05, 0) is 24.7 Å². The van der Waals surface area contributed by atoms with Gasteiger partial charge in [0.15, 0.2) is 0 Å². The Balaban J connectivity index is 1.50. The molecule has 1 amide bonds. The molecule has 3 rings (SSSR count). The molecule has 1 aromatic heterocycles. The highest BCUT2D eigenvalue weighted by atomic mass is 19.1. The molecule has 1 fully saturated rings. The van der Waals surface area contributed by atoms with Gasteiger partial charge in [0, 0.05) is 19.3 Å². The van der Waals surface area contributed by atoms with Crippen molar-refractivity contribution in [2.24, 2.45) is 0 Å². The number of carbonyl (C=O) groups is 1. The fourth-order valence-electron chi connectivity index (χ4n) is 3.08. The lowest BCUT2D eigenvalue weighted by atomic mass is 10.1. The first-order valence-corrected chi connectivity index (χ1v) is 9.02. The van der Waals surface area contributed by atoms with Crippen LogP contribution in [0.4, 0.5) is 4.39 Å². The van der Waals surface area contributed by atoms with Gasteiger partial charge in [0.1, 0.15) is 24.1 Å². The lowest BCUT2D eigenvalue weighted by Gasteiger charge is -2.14. The largest absolute Gasteiger partial charge is 0.388 e. The zero-order valence-corrected chi connectivity index (χ0v) is 15.5. The number of aromatic nitrogens is 3. The van der Waals surface area contributed by atoms with E-state index in [4.69, 9.17) is 4.74 Å². The zero-order chi connectivity index (χ0) is 20.1. The highest BCUT2D eigenvalue weighted by Gasteiger charge is 2.43. The average Bonchev–Trinajstić information content (AvgIpc) is 3.22. The number of ether oxygens (including phenoxy) is 1. The van der Waals surface area contributed by atoms with Crippen molar-refractivity contribution < 1.29 is 24.1 Å². The normalized spacial score (nSPS) is 24.4. The number of nitrogens with zero attached hydrogens (tertiary/aromatic N) is 3. The summed E-state index contributed by atoms with van der Waals surface area (Å²) < 4.78 is 20.1. The van der Waals surface area contributed by atoms with Crippen molar-refractivity contribution >= 4 is 5.91 Å². The smallest absolute Gasteiger partial charge is 0.222 e. The molecule has 28 heavy (non-hydrogen) atoms.